The first-order chi connectivity index (χ1) is 9.38. The fraction of sp³-hybridized carbons (Fsp3) is 0.118. The van der Waals surface area contributed by atoms with E-state index >= 15 is 0 Å². The summed E-state index contributed by atoms with van der Waals surface area (Å²) in [5, 5.41) is 10.4. The highest BCUT2D eigenvalue weighted by molar-refractivity contribution is 5.82. The third-order valence-electron chi connectivity index (χ3n) is 3.39. The molecular weight excluding hydrogens is 232 g/mol. The third kappa shape index (κ3) is 2.23. The number of hydrogen-bond acceptors (Lipinski definition) is 1. The van der Waals surface area contributed by atoms with Crippen molar-refractivity contribution in [2.24, 2.45) is 0 Å². The Morgan fingerprint density at radius 1 is 0.947 bits per heavy atom. The largest absolute Gasteiger partial charge is 0.332 e. The molecule has 0 atom stereocenters. The molecule has 3 rings (SSSR count). The Morgan fingerprint density at radius 3 is 2.47 bits per heavy atom. The van der Waals surface area contributed by atoms with Crippen molar-refractivity contribution < 1.29 is 0 Å². The number of nitriles is 1. The second-order valence-corrected chi connectivity index (χ2v) is 4.59. The molecule has 19 heavy (non-hydrogen) atoms. The molecule has 2 nitrogen and oxygen atoms in total. The molecule has 0 saturated heterocycles. The summed E-state index contributed by atoms with van der Waals surface area (Å²) in [5.41, 5.74) is 3.16. The van der Waals surface area contributed by atoms with Gasteiger partial charge >= 0.3 is 0 Å². The molecule has 3 aromatic rings. The molecule has 0 aliphatic carbocycles. The SMILES string of the molecule is N#Cc1cc2ccccc2n1CCc1ccccc1. The topological polar surface area (TPSA) is 28.7 Å². The lowest BCUT2D eigenvalue weighted by molar-refractivity contribution is 0.715. The maximum Gasteiger partial charge on any atom is 0.121 e. The molecule has 1 aromatic heterocycles. The van der Waals surface area contributed by atoms with Gasteiger partial charge in [-0.3, -0.25) is 0 Å². The molecule has 0 aliphatic rings. The summed E-state index contributed by atoms with van der Waals surface area (Å²) in [6, 6.07) is 22.8. The van der Waals surface area contributed by atoms with Gasteiger partial charge in [0.25, 0.3) is 0 Å². The van der Waals surface area contributed by atoms with Crippen LogP contribution in [0.1, 0.15) is 11.3 Å². The van der Waals surface area contributed by atoms with Gasteiger partial charge in [0.15, 0.2) is 0 Å². The van der Waals surface area contributed by atoms with Crippen molar-refractivity contribution in [3.63, 3.8) is 0 Å². The van der Waals surface area contributed by atoms with Gasteiger partial charge in [-0.25, -0.2) is 0 Å². The molecule has 0 spiro atoms. The van der Waals surface area contributed by atoms with Crippen LogP contribution < -0.4 is 0 Å². The van der Waals surface area contributed by atoms with Crippen molar-refractivity contribution in [1.29, 1.82) is 5.26 Å². The summed E-state index contributed by atoms with van der Waals surface area (Å²) >= 11 is 0. The van der Waals surface area contributed by atoms with Crippen LogP contribution in [0.4, 0.5) is 0 Å². The molecule has 2 aromatic carbocycles. The summed E-state index contributed by atoms with van der Waals surface area (Å²) in [6.07, 6.45) is 0.939. The first-order valence-corrected chi connectivity index (χ1v) is 6.41. The average molecular weight is 246 g/mol. The Balaban J connectivity index is 1.94. The van der Waals surface area contributed by atoms with Crippen LogP contribution in [0, 0.1) is 11.3 Å². The van der Waals surface area contributed by atoms with Crippen LogP contribution in [0.5, 0.6) is 0 Å². The Bertz CT molecular complexity index is 733. The fourth-order valence-electron chi connectivity index (χ4n) is 2.43. The smallest absolute Gasteiger partial charge is 0.121 e. The lowest BCUT2D eigenvalue weighted by atomic mass is 10.1. The van der Waals surface area contributed by atoms with Crippen LogP contribution in [0.25, 0.3) is 10.9 Å². The van der Waals surface area contributed by atoms with Crippen LogP contribution in [0.15, 0.2) is 60.7 Å². The van der Waals surface area contributed by atoms with E-state index in [4.69, 9.17) is 0 Å². The zero-order valence-corrected chi connectivity index (χ0v) is 10.6. The number of rotatable bonds is 3. The molecular formula is C17H14N2. The molecule has 2 heteroatoms. The Morgan fingerprint density at radius 2 is 1.68 bits per heavy atom. The van der Waals surface area contributed by atoms with Crippen molar-refractivity contribution in [3.05, 3.63) is 71.9 Å². The molecule has 0 radical (unpaired) electrons. The summed E-state index contributed by atoms with van der Waals surface area (Å²) in [7, 11) is 0. The Labute approximate surface area is 112 Å². The minimum Gasteiger partial charge on any atom is -0.332 e. The predicted octanol–water partition coefficient (Wildman–Crippen LogP) is 3.76. The first kappa shape index (κ1) is 11.6. The highest BCUT2D eigenvalue weighted by Crippen LogP contribution is 2.19. The molecule has 0 amide bonds. The number of fused-ring (bicyclic) bond motifs is 1. The van der Waals surface area contributed by atoms with Gasteiger partial charge in [0.05, 0.1) is 0 Å². The van der Waals surface area contributed by atoms with Gasteiger partial charge in [-0.15, -0.1) is 0 Å². The van der Waals surface area contributed by atoms with Crippen LogP contribution in [-0.2, 0) is 13.0 Å². The standard InChI is InChI=1S/C17H14N2/c18-13-16-12-15-8-4-5-9-17(15)19(16)11-10-14-6-2-1-3-7-14/h1-9,12H,10-11H2. The van der Waals surface area contributed by atoms with E-state index in [9.17, 15) is 5.26 Å². The number of nitrogens with zero attached hydrogens (tertiary/aromatic N) is 2. The lowest BCUT2D eigenvalue weighted by Crippen LogP contribution is -2.03. The van der Waals surface area contributed by atoms with Gasteiger partial charge in [-0.1, -0.05) is 48.5 Å². The fourth-order valence-corrected chi connectivity index (χ4v) is 2.43. The highest BCUT2D eigenvalue weighted by atomic mass is 15.0. The molecule has 92 valence electrons. The average Bonchev–Trinajstić information content (AvgIpc) is 2.84. The number of aryl methyl sites for hydroxylation is 2. The van der Waals surface area contributed by atoms with E-state index in [-0.39, 0.29) is 0 Å². The zero-order valence-electron chi connectivity index (χ0n) is 10.6. The Kier molecular flexibility index (Phi) is 3.04. The minimum absolute atomic E-state index is 0.733. The van der Waals surface area contributed by atoms with E-state index in [0.29, 0.717) is 0 Å². The molecule has 0 fully saturated rings. The van der Waals surface area contributed by atoms with Gasteiger partial charge in [0.2, 0.25) is 0 Å². The Hall–Kier alpha value is -2.53. The zero-order chi connectivity index (χ0) is 13.1. The van der Waals surface area contributed by atoms with E-state index < -0.39 is 0 Å². The van der Waals surface area contributed by atoms with Gasteiger partial charge in [0.1, 0.15) is 11.8 Å². The summed E-state index contributed by atoms with van der Waals surface area (Å²) in [4.78, 5) is 0. The first-order valence-electron chi connectivity index (χ1n) is 6.41. The molecule has 0 bridgehead atoms. The van der Waals surface area contributed by atoms with Gasteiger partial charge in [-0.05, 0) is 24.1 Å². The van der Waals surface area contributed by atoms with Crippen molar-refractivity contribution in [2.75, 3.05) is 0 Å². The summed E-state index contributed by atoms with van der Waals surface area (Å²) in [6.45, 7) is 0.834. The number of para-hydroxylation sites is 1. The van der Waals surface area contributed by atoms with E-state index in [1.54, 1.807) is 0 Å². The van der Waals surface area contributed by atoms with Gasteiger partial charge < -0.3 is 4.57 Å². The maximum absolute atomic E-state index is 9.25. The minimum atomic E-state index is 0.733. The van der Waals surface area contributed by atoms with Crippen LogP contribution in [0.2, 0.25) is 0 Å². The van der Waals surface area contributed by atoms with Crippen LogP contribution in [0.3, 0.4) is 0 Å². The number of aromatic nitrogens is 1. The third-order valence-corrected chi connectivity index (χ3v) is 3.39. The van der Waals surface area contributed by atoms with Gasteiger partial charge in [0, 0.05) is 17.4 Å². The normalized spacial score (nSPS) is 10.5. The van der Waals surface area contributed by atoms with Crippen LogP contribution >= 0.6 is 0 Å². The molecule has 0 unspecified atom stereocenters. The van der Waals surface area contributed by atoms with Crippen molar-refractivity contribution in [3.8, 4) is 6.07 Å². The molecule has 0 saturated carbocycles. The quantitative estimate of drug-likeness (QED) is 0.691. The molecule has 0 aliphatic heterocycles. The van der Waals surface area contributed by atoms with Crippen molar-refractivity contribution in [1.82, 2.24) is 4.57 Å². The van der Waals surface area contributed by atoms with E-state index in [1.807, 2.05) is 36.4 Å². The van der Waals surface area contributed by atoms with Crippen LogP contribution in [-0.4, -0.2) is 4.57 Å². The summed E-state index contributed by atoms with van der Waals surface area (Å²) < 4.78 is 2.10. The van der Waals surface area contributed by atoms with E-state index in [2.05, 4.69) is 34.9 Å². The molecule has 0 N–H and O–H groups in total. The highest BCUT2D eigenvalue weighted by Gasteiger charge is 2.07. The second-order valence-electron chi connectivity index (χ2n) is 4.59. The summed E-state index contributed by atoms with van der Waals surface area (Å²) in [5.74, 6) is 0. The lowest BCUT2D eigenvalue weighted by Gasteiger charge is -2.07. The van der Waals surface area contributed by atoms with Crippen molar-refractivity contribution in [2.45, 2.75) is 13.0 Å². The maximum atomic E-state index is 9.25. The van der Waals surface area contributed by atoms with Crippen molar-refractivity contribution >= 4 is 10.9 Å². The van der Waals surface area contributed by atoms with E-state index in [0.717, 1.165) is 29.6 Å². The second kappa shape index (κ2) is 4.99. The van der Waals surface area contributed by atoms with E-state index in [1.165, 1.54) is 5.56 Å². The monoisotopic (exact) mass is 246 g/mol. The number of benzene rings is 2. The van der Waals surface area contributed by atoms with Gasteiger partial charge in [-0.2, -0.15) is 5.26 Å². The predicted molar refractivity (Wildman–Crippen MR) is 76.8 cm³/mol. The number of hydrogen-bond donors (Lipinski definition) is 0. The molecule has 1 heterocycles.